The summed E-state index contributed by atoms with van der Waals surface area (Å²) in [6.07, 6.45) is -0.797. The smallest absolute Gasteiger partial charge is 0.123 e. The third kappa shape index (κ3) is 2.50. The summed E-state index contributed by atoms with van der Waals surface area (Å²) in [7, 11) is 0. The Morgan fingerprint density at radius 3 is 2.46 bits per heavy atom. The molecule has 0 unspecified atom stereocenters. The average molecular weight is 183 g/mol. The van der Waals surface area contributed by atoms with Crippen molar-refractivity contribution in [2.24, 2.45) is 5.73 Å². The van der Waals surface area contributed by atoms with E-state index in [-0.39, 0.29) is 11.9 Å². The Morgan fingerprint density at radius 1 is 1.38 bits per heavy atom. The molecule has 1 aromatic rings. The molecule has 0 bridgehead atoms. The SMILES string of the molecule is Cc1cc(F)cc([C@@H](O)[C@@H](C)N)c1. The van der Waals surface area contributed by atoms with E-state index in [1.807, 2.05) is 0 Å². The van der Waals surface area contributed by atoms with E-state index in [4.69, 9.17) is 5.73 Å². The molecule has 2 nitrogen and oxygen atoms in total. The molecule has 13 heavy (non-hydrogen) atoms. The van der Waals surface area contributed by atoms with Crippen molar-refractivity contribution in [2.75, 3.05) is 0 Å². The maximum absolute atomic E-state index is 12.9. The van der Waals surface area contributed by atoms with Gasteiger partial charge in [0.05, 0.1) is 6.10 Å². The first-order valence-electron chi connectivity index (χ1n) is 4.21. The minimum absolute atomic E-state index is 0.338. The lowest BCUT2D eigenvalue weighted by Crippen LogP contribution is -2.24. The molecule has 0 radical (unpaired) electrons. The Labute approximate surface area is 77.2 Å². The second kappa shape index (κ2) is 3.85. The minimum Gasteiger partial charge on any atom is -0.387 e. The molecule has 0 aliphatic carbocycles. The highest BCUT2D eigenvalue weighted by Gasteiger charge is 2.13. The Kier molecular flexibility index (Phi) is 3.01. The van der Waals surface area contributed by atoms with Crippen molar-refractivity contribution < 1.29 is 9.50 Å². The molecule has 3 heteroatoms. The van der Waals surface area contributed by atoms with Crippen molar-refractivity contribution in [1.82, 2.24) is 0 Å². The van der Waals surface area contributed by atoms with Gasteiger partial charge in [0.15, 0.2) is 0 Å². The highest BCUT2D eigenvalue weighted by atomic mass is 19.1. The molecule has 0 aliphatic rings. The van der Waals surface area contributed by atoms with Crippen LogP contribution in [0.3, 0.4) is 0 Å². The molecule has 3 N–H and O–H groups in total. The lowest BCUT2D eigenvalue weighted by Gasteiger charge is -2.15. The Hall–Kier alpha value is -0.930. The topological polar surface area (TPSA) is 46.2 Å². The number of aliphatic hydroxyl groups excluding tert-OH is 1. The molecule has 0 aliphatic heterocycles. The molecule has 1 aromatic carbocycles. The highest BCUT2D eigenvalue weighted by Crippen LogP contribution is 2.18. The van der Waals surface area contributed by atoms with Crippen LogP contribution in [0.2, 0.25) is 0 Å². The summed E-state index contributed by atoms with van der Waals surface area (Å²) in [5, 5.41) is 9.56. The van der Waals surface area contributed by atoms with Gasteiger partial charge in [-0.2, -0.15) is 0 Å². The van der Waals surface area contributed by atoms with E-state index in [1.165, 1.54) is 12.1 Å². The van der Waals surface area contributed by atoms with E-state index in [1.54, 1.807) is 19.9 Å². The van der Waals surface area contributed by atoms with Crippen LogP contribution in [0.4, 0.5) is 4.39 Å². The van der Waals surface area contributed by atoms with Crippen LogP contribution in [0.5, 0.6) is 0 Å². The molecular formula is C10H14FNO. The Balaban J connectivity index is 3.01. The molecule has 0 saturated carbocycles. The molecule has 2 atom stereocenters. The molecule has 0 aromatic heterocycles. The molecule has 1 rings (SSSR count). The average Bonchev–Trinajstić information content (AvgIpc) is 2.01. The van der Waals surface area contributed by atoms with Crippen molar-refractivity contribution >= 4 is 0 Å². The standard InChI is InChI=1S/C10H14FNO/c1-6-3-8(5-9(11)4-6)10(13)7(2)12/h3-5,7,10,13H,12H2,1-2H3/t7-,10+/m1/s1. The zero-order valence-electron chi connectivity index (χ0n) is 7.79. The number of hydrogen-bond acceptors (Lipinski definition) is 2. The van der Waals surface area contributed by atoms with Crippen LogP contribution in [0.15, 0.2) is 18.2 Å². The summed E-state index contributed by atoms with van der Waals surface area (Å²) in [6.45, 7) is 3.46. The van der Waals surface area contributed by atoms with Gasteiger partial charge < -0.3 is 10.8 Å². The van der Waals surface area contributed by atoms with Gasteiger partial charge in [0, 0.05) is 6.04 Å². The first kappa shape index (κ1) is 10.2. The molecule has 0 fully saturated rings. The second-order valence-electron chi connectivity index (χ2n) is 3.37. The third-order valence-corrected chi connectivity index (χ3v) is 1.90. The Morgan fingerprint density at radius 2 is 2.00 bits per heavy atom. The van der Waals surface area contributed by atoms with Crippen molar-refractivity contribution in [3.8, 4) is 0 Å². The van der Waals surface area contributed by atoms with Gasteiger partial charge in [-0.15, -0.1) is 0 Å². The molecular weight excluding hydrogens is 169 g/mol. The summed E-state index contributed by atoms with van der Waals surface area (Å²) in [5.74, 6) is -0.338. The largest absolute Gasteiger partial charge is 0.387 e. The number of aliphatic hydroxyl groups is 1. The van der Waals surface area contributed by atoms with E-state index < -0.39 is 6.10 Å². The minimum atomic E-state index is -0.797. The lowest BCUT2D eigenvalue weighted by molar-refractivity contribution is 0.153. The van der Waals surface area contributed by atoms with Gasteiger partial charge in [-0.1, -0.05) is 6.07 Å². The first-order valence-corrected chi connectivity index (χ1v) is 4.21. The quantitative estimate of drug-likeness (QED) is 0.730. The van der Waals surface area contributed by atoms with Gasteiger partial charge in [-0.3, -0.25) is 0 Å². The van der Waals surface area contributed by atoms with Crippen LogP contribution in [-0.4, -0.2) is 11.1 Å². The molecule has 0 spiro atoms. The van der Waals surface area contributed by atoms with E-state index in [9.17, 15) is 9.50 Å². The van der Waals surface area contributed by atoms with Gasteiger partial charge in [-0.25, -0.2) is 4.39 Å². The van der Waals surface area contributed by atoms with E-state index in [0.29, 0.717) is 5.56 Å². The van der Waals surface area contributed by atoms with Crippen molar-refractivity contribution in [3.63, 3.8) is 0 Å². The zero-order chi connectivity index (χ0) is 10.0. The number of halogens is 1. The van der Waals surface area contributed by atoms with Crippen LogP contribution >= 0.6 is 0 Å². The summed E-state index contributed by atoms with van der Waals surface area (Å²) in [5.41, 5.74) is 6.82. The lowest BCUT2D eigenvalue weighted by atomic mass is 10.0. The third-order valence-electron chi connectivity index (χ3n) is 1.90. The maximum atomic E-state index is 12.9. The van der Waals surface area contributed by atoms with Gasteiger partial charge >= 0.3 is 0 Å². The van der Waals surface area contributed by atoms with Gasteiger partial charge in [0.25, 0.3) is 0 Å². The van der Waals surface area contributed by atoms with E-state index >= 15 is 0 Å². The normalized spacial score (nSPS) is 15.5. The van der Waals surface area contributed by atoms with Crippen LogP contribution in [0, 0.1) is 12.7 Å². The monoisotopic (exact) mass is 183 g/mol. The fourth-order valence-electron chi connectivity index (χ4n) is 1.24. The summed E-state index contributed by atoms with van der Waals surface area (Å²) < 4.78 is 12.9. The molecule has 0 saturated heterocycles. The number of benzene rings is 1. The number of aryl methyl sites for hydroxylation is 1. The highest BCUT2D eigenvalue weighted by molar-refractivity contribution is 5.25. The summed E-state index contributed by atoms with van der Waals surface area (Å²) in [4.78, 5) is 0. The van der Waals surface area contributed by atoms with Crippen molar-refractivity contribution in [2.45, 2.75) is 26.0 Å². The van der Waals surface area contributed by atoms with Crippen LogP contribution < -0.4 is 5.73 Å². The molecule has 72 valence electrons. The first-order chi connectivity index (χ1) is 6.00. The van der Waals surface area contributed by atoms with Crippen LogP contribution in [0.1, 0.15) is 24.2 Å². The van der Waals surface area contributed by atoms with E-state index in [0.717, 1.165) is 5.56 Å². The number of rotatable bonds is 2. The molecule has 0 heterocycles. The summed E-state index contributed by atoms with van der Waals surface area (Å²) >= 11 is 0. The van der Waals surface area contributed by atoms with Crippen molar-refractivity contribution in [3.05, 3.63) is 35.1 Å². The summed E-state index contributed by atoms with van der Waals surface area (Å²) in [6, 6.07) is 4.07. The zero-order valence-corrected chi connectivity index (χ0v) is 7.79. The number of hydrogen-bond donors (Lipinski definition) is 2. The maximum Gasteiger partial charge on any atom is 0.123 e. The van der Waals surface area contributed by atoms with Crippen LogP contribution in [0.25, 0.3) is 0 Å². The Bertz CT molecular complexity index is 279. The van der Waals surface area contributed by atoms with Gasteiger partial charge in [0.2, 0.25) is 0 Å². The van der Waals surface area contributed by atoms with Crippen molar-refractivity contribution in [1.29, 1.82) is 0 Å². The number of nitrogens with two attached hydrogens (primary N) is 1. The second-order valence-corrected chi connectivity index (χ2v) is 3.37. The predicted molar refractivity (Wildman–Crippen MR) is 49.7 cm³/mol. The fourth-order valence-corrected chi connectivity index (χ4v) is 1.24. The van der Waals surface area contributed by atoms with Gasteiger partial charge in [-0.05, 0) is 37.1 Å². The van der Waals surface area contributed by atoms with Gasteiger partial charge in [0.1, 0.15) is 5.82 Å². The van der Waals surface area contributed by atoms with E-state index in [2.05, 4.69) is 0 Å². The molecule has 0 amide bonds. The fraction of sp³-hybridized carbons (Fsp3) is 0.400. The predicted octanol–water partition coefficient (Wildman–Crippen LogP) is 1.51. The van der Waals surface area contributed by atoms with Crippen LogP contribution in [-0.2, 0) is 0 Å².